The molecule has 0 aromatic heterocycles. The second-order valence-corrected chi connectivity index (χ2v) is 3.75. The molecule has 2 nitrogen and oxygen atoms in total. The van der Waals surface area contributed by atoms with E-state index in [0.717, 1.165) is 0 Å². The van der Waals surface area contributed by atoms with E-state index in [1.54, 1.807) is 0 Å². The number of ether oxygens (including phenoxy) is 1. The van der Waals surface area contributed by atoms with Gasteiger partial charge in [0.2, 0.25) is 0 Å². The molecule has 1 unspecified atom stereocenters. The lowest BCUT2D eigenvalue weighted by molar-refractivity contribution is -0.207. The van der Waals surface area contributed by atoms with Crippen LogP contribution >= 0.6 is 0 Å². The number of hydrogen-bond donors (Lipinski definition) is 0. The Morgan fingerprint density at radius 2 is 1.57 bits per heavy atom. The smallest absolute Gasteiger partial charge is 0.402 e. The van der Waals surface area contributed by atoms with Crippen LogP contribution in [0, 0.1) is 11.8 Å². The third kappa shape index (κ3) is 3.98. The molecule has 84 valence electrons. The van der Waals surface area contributed by atoms with E-state index in [2.05, 4.69) is 4.74 Å². The van der Waals surface area contributed by atoms with Crippen LogP contribution in [0.2, 0.25) is 0 Å². The van der Waals surface area contributed by atoms with E-state index >= 15 is 0 Å². The van der Waals surface area contributed by atoms with E-state index in [0.29, 0.717) is 0 Å². The van der Waals surface area contributed by atoms with Crippen molar-refractivity contribution in [2.75, 3.05) is 0 Å². The molecule has 0 saturated carbocycles. The molecule has 0 aromatic rings. The van der Waals surface area contributed by atoms with Crippen LogP contribution in [-0.2, 0) is 9.53 Å². The quantitative estimate of drug-likeness (QED) is 0.672. The minimum atomic E-state index is -4.53. The minimum Gasteiger partial charge on any atom is -0.462 e. The zero-order chi connectivity index (χ0) is 11.5. The second-order valence-electron chi connectivity index (χ2n) is 3.75. The summed E-state index contributed by atoms with van der Waals surface area (Å²) < 4.78 is 41.7. The average molecular weight is 212 g/mol. The molecule has 0 heterocycles. The Hall–Kier alpha value is -0.740. The van der Waals surface area contributed by atoms with Crippen molar-refractivity contribution >= 4 is 5.97 Å². The topological polar surface area (TPSA) is 26.3 Å². The highest BCUT2D eigenvalue weighted by Crippen LogP contribution is 2.33. The molecule has 0 bridgehead atoms. The third-order valence-corrected chi connectivity index (χ3v) is 1.63. The van der Waals surface area contributed by atoms with E-state index < -0.39 is 30.1 Å². The Bertz CT molecular complexity index is 197. The third-order valence-electron chi connectivity index (χ3n) is 1.63. The number of hydrogen-bond acceptors (Lipinski definition) is 2. The van der Waals surface area contributed by atoms with Crippen molar-refractivity contribution in [3.05, 3.63) is 0 Å². The van der Waals surface area contributed by atoms with Crippen LogP contribution in [0.25, 0.3) is 0 Å². The molecule has 0 N–H and O–H groups in total. The van der Waals surface area contributed by atoms with Crippen LogP contribution in [0.15, 0.2) is 0 Å². The largest absolute Gasteiger partial charge is 0.462 e. The van der Waals surface area contributed by atoms with E-state index in [4.69, 9.17) is 0 Å². The van der Waals surface area contributed by atoms with Crippen LogP contribution < -0.4 is 0 Å². The first kappa shape index (κ1) is 13.3. The molecular formula is C9H15F3O2. The first-order valence-corrected chi connectivity index (χ1v) is 4.43. The molecule has 1 atom stereocenters. The van der Waals surface area contributed by atoms with Gasteiger partial charge in [-0.05, 0) is 19.8 Å². The maximum Gasteiger partial charge on any atom is 0.402 e. The highest BCUT2D eigenvalue weighted by molar-refractivity contribution is 5.73. The lowest BCUT2D eigenvalue weighted by Crippen LogP contribution is -2.37. The molecule has 0 fully saturated rings. The van der Waals surface area contributed by atoms with Crippen LogP contribution in [0.1, 0.15) is 27.7 Å². The molecule has 5 heteroatoms. The summed E-state index contributed by atoms with van der Waals surface area (Å²) >= 11 is 0. The van der Waals surface area contributed by atoms with Gasteiger partial charge in [0, 0.05) is 0 Å². The second kappa shape index (κ2) is 4.66. The Morgan fingerprint density at radius 1 is 1.14 bits per heavy atom. The fraction of sp³-hybridized carbons (Fsp3) is 0.889. The van der Waals surface area contributed by atoms with Crippen molar-refractivity contribution in [2.45, 2.75) is 40.0 Å². The Morgan fingerprint density at radius 3 is 1.79 bits per heavy atom. The highest BCUT2D eigenvalue weighted by atomic mass is 19.4. The van der Waals surface area contributed by atoms with Gasteiger partial charge in [0.25, 0.3) is 0 Å². The predicted octanol–water partition coefficient (Wildman–Crippen LogP) is 2.77. The molecule has 0 rings (SSSR count). The first-order valence-electron chi connectivity index (χ1n) is 4.43. The molecule has 0 amide bonds. The number of halogens is 3. The fourth-order valence-electron chi connectivity index (χ4n) is 1.09. The molecule has 0 aliphatic heterocycles. The molecule has 14 heavy (non-hydrogen) atoms. The molecular weight excluding hydrogens is 197 g/mol. The number of carbonyl (C=O) groups excluding carboxylic acids is 1. The summed E-state index contributed by atoms with van der Waals surface area (Å²) in [5.74, 6) is -4.02. The van der Waals surface area contributed by atoms with Gasteiger partial charge in [-0.2, -0.15) is 13.2 Å². The van der Waals surface area contributed by atoms with Gasteiger partial charge < -0.3 is 4.74 Å². The van der Waals surface area contributed by atoms with Crippen molar-refractivity contribution in [1.29, 1.82) is 0 Å². The summed E-state index contributed by atoms with van der Waals surface area (Å²) in [4.78, 5) is 11.1. The van der Waals surface area contributed by atoms with Crippen LogP contribution in [0.5, 0.6) is 0 Å². The lowest BCUT2D eigenvalue weighted by Gasteiger charge is -2.22. The number of carbonyl (C=O) groups is 1. The van der Waals surface area contributed by atoms with Gasteiger partial charge in [-0.3, -0.25) is 4.79 Å². The van der Waals surface area contributed by atoms with Crippen LogP contribution in [-0.4, -0.2) is 18.2 Å². The summed E-state index contributed by atoms with van der Waals surface area (Å²) in [7, 11) is 0. The van der Waals surface area contributed by atoms with Gasteiger partial charge in [-0.1, -0.05) is 13.8 Å². The van der Waals surface area contributed by atoms with Crippen molar-refractivity contribution in [1.82, 2.24) is 0 Å². The van der Waals surface area contributed by atoms with Gasteiger partial charge in [0.05, 0.1) is 6.10 Å². The summed E-state index contributed by atoms with van der Waals surface area (Å²) in [5, 5.41) is 0. The minimum absolute atomic E-state index is 0.522. The number of rotatable bonds is 3. The molecule has 0 saturated heterocycles. The number of esters is 1. The number of alkyl halides is 3. The predicted molar refractivity (Wildman–Crippen MR) is 45.6 cm³/mol. The standard InChI is InChI=1S/C9H15F3O2/c1-5(2)7(9(10,11)12)8(13)14-6(3)4/h5-7H,1-4H3. The molecule has 0 aliphatic rings. The van der Waals surface area contributed by atoms with E-state index in [9.17, 15) is 18.0 Å². The Balaban J connectivity index is 4.60. The van der Waals surface area contributed by atoms with Gasteiger partial charge in [0.15, 0.2) is 5.92 Å². The average Bonchev–Trinajstić information content (AvgIpc) is 1.78. The van der Waals surface area contributed by atoms with Crippen LogP contribution in [0.3, 0.4) is 0 Å². The molecule has 0 spiro atoms. The zero-order valence-electron chi connectivity index (χ0n) is 8.68. The summed E-state index contributed by atoms with van der Waals surface area (Å²) in [6.07, 6.45) is -5.05. The molecule has 0 aromatic carbocycles. The normalized spacial score (nSPS) is 14.6. The van der Waals surface area contributed by atoms with E-state index in [1.807, 2.05) is 0 Å². The maximum atomic E-state index is 12.4. The Kier molecular flexibility index (Phi) is 4.42. The fourth-order valence-corrected chi connectivity index (χ4v) is 1.09. The van der Waals surface area contributed by atoms with E-state index in [1.165, 1.54) is 27.7 Å². The van der Waals surface area contributed by atoms with Crippen molar-refractivity contribution < 1.29 is 22.7 Å². The molecule has 0 radical (unpaired) electrons. The summed E-state index contributed by atoms with van der Waals surface area (Å²) in [5.41, 5.74) is 0. The highest BCUT2D eigenvalue weighted by Gasteiger charge is 2.47. The zero-order valence-corrected chi connectivity index (χ0v) is 8.68. The van der Waals surface area contributed by atoms with Gasteiger partial charge in [-0.25, -0.2) is 0 Å². The van der Waals surface area contributed by atoms with Gasteiger partial charge in [-0.15, -0.1) is 0 Å². The maximum absolute atomic E-state index is 12.4. The van der Waals surface area contributed by atoms with E-state index in [-0.39, 0.29) is 0 Å². The van der Waals surface area contributed by atoms with Gasteiger partial charge >= 0.3 is 12.1 Å². The summed E-state index contributed by atoms with van der Waals surface area (Å²) in [6, 6.07) is 0. The van der Waals surface area contributed by atoms with Gasteiger partial charge in [0.1, 0.15) is 0 Å². The lowest BCUT2D eigenvalue weighted by atomic mass is 9.95. The SMILES string of the molecule is CC(C)OC(=O)C(C(C)C)C(F)(F)F. The summed E-state index contributed by atoms with van der Waals surface area (Å²) in [6.45, 7) is 5.73. The Labute approximate surface area is 81.4 Å². The molecule has 0 aliphatic carbocycles. The van der Waals surface area contributed by atoms with Crippen molar-refractivity contribution in [3.8, 4) is 0 Å². The van der Waals surface area contributed by atoms with Crippen LogP contribution in [0.4, 0.5) is 13.2 Å². The monoisotopic (exact) mass is 212 g/mol. The van der Waals surface area contributed by atoms with Crippen molar-refractivity contribution in [2.24, 2.45) is 11.8 Å². The van der Waals surface area contributed by atoms with Crippen molar-refractivity contribution in [3.63, 3.8) is 0 Å². The first-order chi connectivity index (χ1) is 6.16.